The van der Waals surface area contributed by atoms with Gasteiger partial charge in [0.15, 0.2) is 0 Å². The van der Waals surface area contributed by atoms with Gasteiger partial charge in [0.1, 0.15) is 23.1 Å². The van der Waals surface area contributed by atoms with Crippen LogP contribution in [-0.4, -0.2) is 21.5 Å². The minimum atomic E-state index is -4.69. The van der Waals surface area contributed by atoms with Crippen molar-refractivity contribution in [2.45, 2.75) is 39.0 Å². The summed E-state index contributed by atoms with van der Waals surface area (Å²) in [6.07, 6.45) is -3.85. The number of rotatable bonds is 4. The average molecular weight is 532 g/mol. The molecule has 192 valence electrons. The van der Waals surface area contributed by atoms with Crippen LogP contribution in [-0.2, 0) is 12.6 Å². The third-order valence-corrected chi connectivity index (χ3v) is 6.32. The lowest BCUT2D eigenvalue weighted by molar-refractivity contribution is -0.591. The van der Waals surface area contributed by atoms with Crippen LogP contribution in [0.3, 0.4) is 0 Å². The predicted octanol–water partition coefficient (Wildman–Crippen LogP) is 5.89. The van der Waals surface area contributed by atoms with E-state index in [9.17, 15) is 23.2 Å². The number of nitrogens with zero attached hydrogens (tertiary/aromatic N) is 2. The fourth-order valence-electron chi connectivity index (χ4n) is 4.29. The minimum Gasteiger partial charge on any atom is -0.711 e. The molecule has 1 aliphatic heterocycles. The molecule has 37 heavy (non-hydrogen) atoms. The lowest BCUT2D eigenvalue weighted by Crippen LogP contribution is -2.34. The monoisotopic (exact) mass is 531 g/mol. The van der Waals surface area contributed by atoms with Gasteiger partial charge in [-0.25, -0.2) is 19.8 Å². The number of imidazole rings is 1. The van der Waals surface area contributed by atoms with Crippen LogP contribution in [0.4, 0.5) is 30.6 Å². The Labute approximate surface area is 214 Å². The summed E-state index contributed by atoms with van der Waals surface area (Å²) in [5, 5.41) is 18.2. The molecule has 0 bridgehead atoms. The SMILES string of the molecule is Cc1cccc(Cl)c1Nc1nc2cc(C(=O)Nc3ccc(C(F)(F)F)c[n+]3[O-])c3c(c2[nH]1)CC(C)(C)O3. The second kappa shape index (κ2) is 8.55. The number of fused-ring (bicyclic) bond motifs is 3. The standard InChI is InChI=1S/C25H21ClF3N5O3/c1-12-5-4-6-16(26)19(12)32-23-30-17-9-14(21-15(20(17)33-23)10-24(2,3)37-21)22(35)31-18-8-7-13(11-34(18)36)25(27,28)29/h4-9,11H,10H2,1-3H3,(H,31,35)(H2,30,32,33). The number of amides is 1. The molecule has 0 fully saturated rings. The number of alkyl halides is 3. The Morgan fingerprint density at radius 1 is 1.27 bits per heavy atom. The van der Waals surface area contributed by atoms with Crippen LogP contribution in [0.1, 0.15) is 40.9 Å². The fraction of sp³-hybridized carbons (Fsp3) is 0.240. The highest BCUT2D eigenvalue weighted by molar-refractivity contribution is 6.33. The number of carbonyl (C=O) groups is 1. The van der Waals surface area contributed by atoms with E-state index in [2.05, 4.69) is 20.6 Å². The minimum absolute atomic E-state index is 0.0349. The van der Waals surface area contributed by atoms with Crippen LogP contribution in [0.15, 0.2) is 42.6 Å². The van der Waals surface area contributed by atoms with Crippen molar-refractivity contribution in [3.63, 3.8) is 0 Å². The Hall–Kier alpha value is -3.99. The van der Waals surface area contributed by atoms with Crippen LogP contribution < -0.4 is 20.1 Å². The highest BCUT2D eigenvalue weighted by Crippen LogP contribution is 2.42. The quantitative estimate of drug-likeness (QED) is 0.225. The zero-order chi connectivity index (χ0) is 26.7. The van der Waals surface area contributed by atoms with Gasteiger partial charge in [-0.1, -0.05) is 23.7 Å². The van der Waals surface area contributed by atoms with E-state index in [-0.39, 0.29) is 16.1 Å². The van der Waals surface area contributed by atoms with Gasteiger partial charge in [-0.3, -0.25) is 0 Å². The molecule has 8 nitrogen and oxygen atoms in total. The van der Waals surface area contributed by atoms with Crippen molar-refractivity contribution < 1.29 is 27.4 Å². The van der Waals surface area contributed by atoms with Gasteiger partial charge in [0.2, 0.25) is 5.95 Å². The van der Waals surface area contributed by atoms with E-state index in [1.165, 1.54) is 6.07 Å². The van der Waals surface area contributed by atoms with Gasteiger partial charge < -0.3 is 20.2 Å². The van der Waals surface area contributed by atoms with E-state index in [0.29, 0.717) is 51.6 Å². The van der Waals surface area contributed by atoms with Gasteiger partial charge in [-0.05, 0) is 44.5 Å². The summed E-state index contributed by atoms with van der Waals surface area (Å²) in [4.78, 5) is 21.0. The molecule has 3 N–H and O–H groups in total. The fourth-order valence-corrected chi connectivity index (χ4v) is 4.56. The molecule has 2 aromatic carbocycles. The number of pyridine rings is 1. The van der Waals surface area contributed by atoms with Crippen molar-refractivity contribution in [1.29, 1.82) is 0 Å². The molecule has 0 aliphatic carbocycles. The summed E-state index contributed by atoms with van der Waals surface area (Å²) in [6.45, 7) is 5.63. The van der Waals surface area contributed by atoms with Gasteiger partial charge in [-0.15, -0.1) is 0 Å². The lowest BCUT2D eigenvalue weighted by Gasteiger charge is -2.17. The Balaban J connectivity index is 1.53. The maximum absolute atomic E-state index is 13.2. The van der Waals surface area contributed by atoms with Crippen molar-refractivity contribution in [3.05, 3.63) is 75.1 Å². The van der Waals surface area contributed by atoms with Gasteiger partial charge >= 0.3 is 12.1 Å². The molecule has 2 aromatic heterocycles. The number of para-hydroxylation sites is 1. The Morgan fingerprint density at radius 3 is 2.70 bits per heavy atom. The van der Waals surface area contributed by atoms with Crippen LogP contribution in [0.2, 0.25) is 5.02 Å². The third-order valence-electron chi connectivity index (χ3n) is 6.01. The second-order valence-electron chi connectivity index (χ2n) is 9.39. The molecule has 0 unspecified atom stereocenters. The van der Waals surface area contributed by atoms with E-state index < -0.39 is 23.2 Å². The van der Waals surface area contributed by atoms with Gasteiger partial charge in [0.05, 0.1) is 27.3 Å². The Kier molecular flexibility index (Phi) is 5.70. The molecule has 3 heterocycles. The van der Waals surface area contributed by atoms with E-state index in [4.69, 9.17) is 16.3 Å². The smallest absolute Gasteiger partial charge is 0.419 e. The number of H-pyrrole nitrogens is 1. The molecule has 0 atom stereocenters. The first-order valence-electron chi connectivity index (χ1n) is 11.2. The second-order valence-corrected chi connectivity index (χ2v) is 9.79. The molecule has 1 amide bonds. The largest absolute Gasteiger partial charge is 0.711 e. The summed E-state index contributed by atoms with van der Waals surface area (Å²) in [6, 6.07) is 8.61. The Morgan fingerprint density at radius 2 is 2.03 bits per heavy atom. The lowest BCUT2D eigenvalue weighted by atomic mass is 9.99. The molecule has 5 rings (SSSR count). The van der Waals surface area contributed by atoms with Crippen LogP contribution in [0.25, 0.3) is 11.0 Å². The van der Waals surface area contributed by atoms with Crippen LogP contribution in [0.5, 0.6) is 5.75 Å². The number of hydrogen-bond acceptors (Lipinski definition) is 5. The highest BCUT2D eigenvalue weighted by Gasteiger charge is 2.37. The van der Waals surface area contributed by atoms with E-state index in [0.717, 1.165) is 17.7 Å². The van der Waals surface area contributed by atoms with Gasteiger partial charge in [0.25, 0.3) is 5.82 Å². The normalized spacial score (nSPS) is 14.4. The zero-order valence-electron chi connectivity index (χ0n) is 19.9. The number of ether oxygens (including phenoxy) is 1. The molecule has 12 heteroatoms. The highest BCUT2D eigenvalue weighted by atomic mass is 35.5. The molecule has 0 spiro atoms. The summed E-state index contributed by atoms with van der Waals surface area (Å²) in [5.41, 5.74) is 1.76. The number of nitrogens with one attached hydrogen (secondary N) is 3. The van der Waals surface area contributed by atoms with Gasteiger partial charge in [-0.2, -0.15) is 13.2 Å². The van der Waals surface area contributed by atoms with Crippen LogP contribution in [0, 0.1) is 12.1 Å². The number of carbonyl (C=O) groups excluding carboxylic acids is 1. The summed E-state index contributed by atoms with van der Waals surface area (Å²) >= 11 is 6.33. The number of anilines is 3. The number of aromatic nitrogens is 3. The topological polar surface area (TPSA) is 106 Å². The first-order valence-corrected chi connectivity index (χ1v) is 11.6. The number of benzene rings is 2. The number of aromatic amines is 1. The third kappa shape index (κ3) is 4.62. The van der Waals surface area contributed by atoms with E-state index >= 15 is 0 Å². The molecule has 4 aromatic rings. The number of halogens is 4. The zero-order valence-corrected chi connectivity index (χ0v) is 20.6. The molecule has 0 radical (unpaired) electrons. The van der Waals surface area contributed by atoms with Crippen molar-refractivity contribution in [2.24, 2.45) is 0 Å². The van der Waals surface area contributed by atoms with Crippen molar-refractivity contribution in [3.8, 4) is 5.75 Å². The summed E-state index contributed by atoms with van der Waals surface area (Å²) < 4.78 is 44.7. The summed E-state index contributed by atoms with van der Waals surface area (Å²) in [7, 11) is 0. The molecule has 0 saturated heterocycles. The maximum atomic E-state index is 13.2. The first-order chi connectivity index (χ1) is 17.3. The Bertz CT molecular complexity index is 1550. The maximum Gasteiger partial charge on any atom is 0.419 e. The number of aryl methyl sites for hydroxylation is 1. The molecular formula is C25H21ClF3N5O3. The van der Waals surface area contributed by atoms with Crippen LogP contribution >= 0.6 is 11.6 Å². The molecule has 0 saturated carbocycles. The average Bonchev–Trinajstić information content (AvgIpc) is 3.35. The van der Waals surface area contributed by atoms with Crippen molar-refractivity contribution in [1.82, 2.24) is 9.97 Å². The van der Waals surface area contributed by atoms with Gasteiger partial charge in [0, 0.05) is 18.1 Å². The predicted molar refractivity (Wildman–Crippen MR) is 132 cm³/mol. The first kappa shape index (κ1) is 24.7. The van der Waals surface area contributed by atoms with Crippen molar-refractivity contribution >= 4 is 46.0 Å². The van der Waals surface area contributed by atoms with E-state index in [1.54, 1.807) is 6.07 Å². The number of hydrogen-bond donors (Lipinski definition) is 3. The van der Waals surface area contributed by atoms with E-state index in [1.807, 2.05) is 32.9 Å². The molecule has 1 aliphatic rings. The van der Waals surface area contributed by atoms with Crippen molar-refractivity contribution in [2.75, 3.05) is 10.6 Å². The summed E-state index contributed by atoms with van der Waals surface area (Å²) in [5.74, 6) is -0.373. The molecular weight excluding hydrogens is 511 g/mol.